The van der Waals surface area contributed by atoms with Gasteiger partial charge in [0.25, 0.3) is 0 Å². The molecule has 1 aromatic rings. The molecule has 13 heavy (non-hydrogen) atoms. The standard InChI is InChI=1S/C8H12ClN3O/c1-6(13)5-12(2)8-10-3-7(9)4-11-8/h3-4,6,13H,5H2,1-2H3. The van der Waals surface area contributed by atoms with E-state index < -0.39 is 6.10 Å². The Morgan fingerprint density at radius 2 is 2.08 bits per heavy atom. The van der Waals surface area contributed by atoms with Crippen molar-refractivity contribution < 1.29 is 5.11 Å². The number of hydrogen-bond donors (Lipinski definition) is 1. The van der Waals surface area contributed by atoms with Gasteiger partial charge in [0.05, 0.1) is 23.5 Å². The average Bonchev–Trinajstić information content (AvgIpc) is 2.04. The molecule has 0 aliphatic rings. The fraction of sp³-hybridized carbons (Fsp3) is 0.500. The summed E-state index contributed by atoms with van der Waals surface area (Å²) in [6.07, 6.45) is 2.66. The predicted octanol–water partition coefficient (Wildman–Crippen LogP) is 0.947. The Kier molecular flexibility index (Phi) is 3.45. The van der Waals surface area contributed by atoms with E-state index in [9.17, 15) is 0 Å². The molecular formula is C8H12ClN3O. The van der Waals surface area contributed by atoms with Crippen LogP contribution in [0.2, 0.25) is 5.02 Å². The van der Waals surface area contributed by atoms with E-state index in [-0.39, 0.29) is 0 Å². The molecule has 0 saturated carbocycles. The van der Waals surface area contributed by atoms with Gasteiger partial charge in [0.15, 0.2) is 0 Å². The van der Waals surface area contributed by atoms with Gasteiger partial charge in [-0.3, -0.25) is 0 Å². The van der Waals surface area contributed by atoms with Gasteiger partial charge in [0.1, 0.15) is 0 Å². The van der Waals surface area contributed by atoms with Gasteiger partial charge in [-0.15, -0.1) is 0 Å². The van der Waals surface area contributed by atoms with Crippen LogP contribution < -0.4 is 4.90 Å². The van der Waals surface area contributed by atoms with E-state index in [1.54, 1.807) is 11.8 Å². The fourth-order valence-corrected chi connectivity index (χ4v) is 1.08. The van der Waals surface area contributed by atoms with Crippen molar-refractivity contribution in [2.24, 2.45) is 0 Å². The Morgan fingerprint density at radius 3 is 2.54 bits per heavy atom. The summed E-state index contributed by atoms with van der Waals surface area (Å²) in [5.74, 6) is 0.560. The van der Waals surface area contributed by atoms with E-state index in [2.05, 4.69) is 9.97 Å². The molecule has 1 rings (SSSR count). The lowest BCUT2D eigenvalue weighted by Gasteiger charge is -2.17. The molecule has 1 heterocycles. The summed E-state index contributed by atoms with van der Waals surface area (Å²) >= 11 is 5.63. The topological polar surface area (TPSA) is 49.2 Å². The number of likely N-dealkylation sites (N-methyl/N-ethyl adjacent to an activating group) is 1. The molecular weight excluding hydrogens is 190 g/mol. The van der Waals surface area contributed by atoms with E-state index in [1.807, 2.05) is 7.05 Å². The molecule has 0 aliphatic heterocycles. The minimum Gasteiger partial charge on any atom is -0.392 e. The van der Waals surface area contributed by atoms with Gasteiger partial charge >= 0.3 is 0 Å². The lowest BCUT2D eigenvalue weighted by atomic mass is 10.4. The SMILES string of the molecule is CC(O)CN(C)c1ncc(Cl)cn1. The molecule has 1 aromatic heterocycles. The second-order valence-electron chi connectivity index (χ2n) is 2.93. The number of rotatable bonds is 3. The molecule has 1 unspecified atom stereocenters. The first kappa shape index (κ1) is 10.2. The summed E-state index contributed by atoms with van der Waals surface area (Å²) in [6.45, 7) is 2.22. The van der Waals surface area contributed by atoms with Crippen LogP contribution in [0.3, 0.4) is 0 Å². The van der Waals surface area contributed by atoms with E-state index in [4.69, 9.17) is 16.7 Å². The van der Waals surface area contributed by atoms with Gasteiger partial charge < -0.3 is 10.0 Å². The maximum Gasteiger partial charge on any atom is 0.225 e. The van der Waals surface area contributed by atoms with Crippen LogP contribution in [0.15, 0.2) is 12.4 Å². The zero-order valence-corrected chi connectivity index (χ0v) is 8.36. The molecule has 0 bridgehead atoms. The van der Waals surface area contributed by atoms with Crippen LogP contribution in [0.4, 0.5) is 5.95 Å². The smallest absolute Gasteiger partial charge is 0.225 e. The van der Waals surface area contributed by atoms with Crippen molar-refractivity contribution in [3.63, 3.8) is 0 Å². The highest BCUT2D eigenvalue weighted by molar-refractivity contribution is 6.30. The third kappa shape index (κ3) is 3.16. The van der Waals surface area contributed by atoms with E-state index in [0.29, 0.717) is 17.5 Å². The Hall–Kier alpha value is -0.870. The highest BCUT2D eigenvalue weighted by Gasteiger charge is 2.06. The maximum absolute atomic E-state index is 9.12. The van der Waals surface area contributed by atoms with E-state index in [0.717, 1.165) is 0 Å². The third-order valence-corrected chi connectivity index (χ3v) is 1.68. The highest BCUT2D eigenvalue weighted by Crippen LogP contribution is 2.08. The number of anilines is 1. The molecule has 0 saturated heterocycles. The zero-order chi connectivity index (χ0) is 9.84. The van der Waals surface area contributed by atoms with Crippen LogP contribution in [0, 0.1) is 0 Å². The minimum absolute atomic E-state index is 0.399. The number of aliphatic hydroxyl groups excluding tert-OH is 1. The second-order valence-corrected chi connectivity index (χ2v) is 3.37. The minimum atomic E-state index is -0.399. The van der Waals surface area contributed by atoms with Crippen LogP contribution in [0.5, 0.6) is 0 Å². The van der Waals surface area contributed by atoms with Crippen molar-refractivity contribution in [3.05, 3.63) is 17.4 Å². The molecule has 0 spiro atoms. The zero-order valence-electron chi connectivity index (χ0n) is 7.61. The molecule has 1 atom stereocenters. The van der Waals surface area contributed by atoms with Crippen molar-refractivity contribution in [2.45, 2.75) is 13.0 Å². The molecule has 1 N–H and O–H groups in total. The van der Waals surface area contributed by atoms with Crippen molar-refractivity contribution in [1.82, 2.24) is 9.97 Å². The maximum atomic E-state index is 9.12. The van der Waals surface area contributed by atoms with Gasteiger partial charge in [-0.2, -0.15) is 0 Å². The lowest BCUT2D eigenvalue weighted by Crippen LogP contribution is -2.28. The molecule has 0 radical (unpaired) electrons. The van der Waals surface area contributed by atoms with Crippen molar-refractivity contribution in [2.75, 3.05) is 18.5 Å². The lowest BCUT2D eigenvalue weighted by molar-refractivity contribution is 0.201. The average molecular weight is 202 g/mol. The summed E-state index contributed by atoms with van der Waals surface area (Å²) < 4.78 is 0. The van der Waals surface area contributed by atoms with Gasteiger partial charge in [0.2, 0.25) is 5.95 Å². The molecule has 0 fully saturated rings. The Morgan fingerprint density at radius 1 is 1.54 bits per heavy atom. The van der Waals surface area contributed by atoms with Crippen LogP contribution in [-0.4, -0.2) is 34.8 Å². The molecule has 0 aromatic carbocycles. The number of nitrogens with zero attached hydrogens (tertiary/aromatic N) is 3. The number of hydrogen-bond acceptors (Lipinski definition) is 4. The van der Waals surface area contributed by atoms with Gasteiger partial charge in [-0.05, 0) is 6.92 Å². The first-order valence-corrected chi connectivity index (χ1v) is 4.34. The van der Waals surface area contributed by atoms with Crippen LogP contribution in [-0.2, 0) is 0 Å². The first-order valence-electron chi connectivity index (χ1n) is 3.96. The normalized spacial score (nSPS) is 12.6. The number of aromatic nitrogens is 2. The van der Waals surface area contributed by atoms with E-state index in [1.165, 1.54) is 12.4 Å². The van der Waals surface area contributed by atoms with Gasteiger partial charge in [0, 0.05) is 13.6 Å². The molecule has 5 heteroatoms. The largest absolute Gasteiger partial charge is 0.392 e. The summed E-state index contributed by atoms with van der Waals surface area (Å²) in [5, 5.41) is 9.62. The van der Waals surface area contributed by atoms with Crippen LogP contribution in [0.25, 0.3) is 0 Å². The summed E-state index contributed by atoms with van der Waals surface area (Å²) in [6, 6.07) is 0. The van der Waals surface area contributed by atoms with Crippen molar-refractivity contribution >= 4 is 17.5 Å². The molecule has 72 valence electrons. The second kappa shape index (κ2) is 4.39. The number of halogens is 1. The van der Waals surface area contributed by atoms with E-state index >= 15 is 0 Å². The Balaban J connectivity index is 2.66. The molecule has 0 amide bonds. The Bertz CT molecular complexity index is 263. The quantitative estimate of drug-likeness (QED) is 0.791. The third-order valence-electron chi connectivity index (χ3n) is 1.49. The van der Waals surface area contributed by atoms with Crippen molar-refractivity contribution in [3.8, 4) is 0 Å². The monoisotopic (exact) mass is 201 g/mol. The Labute approximate surface area is 82.2 Å². The first-order chi connectivity index (χ1) is 6.09. The van der Waals surface area contributed by atoms with Crippen molar-refractivity contribution in [1.29, 1.82) is 0 Å². The summed E-state index contributed by atoms with van der Waals surface area (Å²) in [5.41, 5.74) is 0. The van der Waals surface area contributed by atoms with Crippen LogP contribution in [0.1, 0.15) is 6.92 Å². The predicted molar refractivity (Wildman–Crippen MR) is 52.0 cm³/mol. The summed E-state index contributed by atoms with van der Waals surface area (Å²) in [7, 11) is 1.82. The molecule has 0 aliphatic carbocycles. The number of aliphatic hydroxyl groups is 1. The van der Waals surface area contributed by atoms with Gasteiger partial charge in [-0.1, -0.05) is 11.6 Å². The highest BCUT2D eigenvalue weighted by atomic mass is 35.5. The summed E-state index contributed by atoms with van der Waals surface area (Å²) in [4.78, 5) is 9.77. The van der Waals surface area contributed by atoms with Gasteiger partial charge in [-0.25, -0.2) is 9.97 Å². The molecule has 4 nitrogen and oxygen atoms in total. The fourth-order valence-electron chi connectivity index (χ4n) is 0.981. The van der Waals surface area contributed by atoms with Crippen LogP contribution >= 0.6 is 11.6 Å².